The van der Waals surface area contributed by atoms with Gasteiger partial charge in [-0.1, -0.05) is 0 Å². The second kappa shape index (κ2) is 6.08. The maximum Gasteiger partial charge on any atom is 0.327 e. The van der Waals surface area contributed by atoms with Gasteiger partial charge < -0.3 is 14.9 Å². The number of aromatic nitrogens is 2. The van der Waals surface area contributed by atoms with Crippen molar-refractivity contribution in [2.75, 3.05) is 37.0 Å². The second-order valence-corrected chi connectivity index (χ2v) is 5.75. The third-order valence-electron chi connectivity index (χ3n) is 2.98. The first kappa shape index (κ1) is 14.6. The number of carbonyl (C=O) groups excluding carboxylic acids is 1. The molecule has 1 N–H and O–H groups in total. The summed E-state index contributed by atoms with van der Waals surface area (Å²) in [5.74, 6) is 0.771. The number of rotatable bonds is 3. The average molecular weight is 296 g/mol. The summed E-state index contributed by atoms with van der Waals surface area (Å²) in [6.45, 7) is 0.608. The van der Waals surface area contributed by atoms with Crippen molar-refractivity contribution in [2.24, 2.45) is 0 Å². The number of carboxylic acids is 1. The lowest BCUT2D eigenvalue weighted by Crippen LogP contribution is -2.48. The summed E-state index contributed by atoms with van der Waals surface area (Å²) >= 11 is 1.61. The Morgan fingerprint density at radius 2 is 2.15 bits per heavy atom. The fraction of sp³-hybridized carbons (Fsp3) is 0.500. The summed E-state index contributed by atoms with van der Waals surface area (Å²) in [5, 5.41) is 17.1. The van der Waals surface area contributed by atoms with Gasteiger partial charge >= 0.3 is 5.97 Å². The molecule has 20 heavy (non-hydrogen) atoms. The zero-order valence-electron chi connectivity index (χ0n) is 11.3. The maximum atomic E-state index is 11.7. The highest BCUT2D eigenvalue weighted by Crippen LogP contribution is 2.22. The molecule has 7 nitrogen and oxygen atoms in total. The van der Waals surface area contributed by atoms with Gasteiger partial charge in [-0.15, -0.1) is 10.2 Å². The van der Waals surface area contributed by atoms with E-state index >= 15 is 0 Å². The van der Waals surface area contributed by atoms with Crippen LogP contribution in [0.4, 0.5) is 5.82 Å². The van der Waals surface area contributed by atoms with Gasteiger partial charge in [0.15, 0.2) is 11.5 Å². The largest absolute Gasteiger partial charge is 0.480 e. The average Bonchev–Trinajstić information content (AvgIpc) is 2.46. The molecule has 0 aliphatic carbocycles. The number of amides is 1. The molecule has 1 amide bonds. The highest BCUT2D eigenvalue weighted by molar-refractivity contribution is 7.99. The monoisotopic (exact) mass is 296 g/mol. The highest BCUT2D eigenvalue weighted by atomic mass is 32.2. The lowest BCUT2D eigenvalue weighted by molar-refractivity contribution is -0.138. The zero-order chi connectivity index (χ0) is 14.7. The van der Waals surface area contributed by atoms with E-state index < -0.39 is 12.0 Å². The van der Waals surface area contributed by atoms with Crippen molar-refractivity contribution in [3.63, 3.8) is 0 Å². The maximum absolute atomic E-state index is 11.7. The molecule has 1 fully saturated rings. The van der Waals surface area contributed by atoms with E-state index in [0.29, 0.717) is 18.1 Å². The van der Waals surface area contributed by atoms with E-state index in [1.807, 2.05) is 0 Å². The summed E-state index contributed by atoms with van der Waals surface area (Å²) in [6, 6.07) is 2.62. The Kier molecular flexibility index (Phi) is 4.43. The van der Waals surface area contributed by atoms with Gasteiger partial charge in [0.2, 0.25) is 0 Å². The SMILES string of the molecule is CN(C)C(=O)c1ccc(N2CCSCC2C(=O)O)nn1. The van der Waals surface area contributed by atoms with Gasteiger partial charge in [0.05, 0.1) is 0 Å². The number of hydrogen-bond acceptors (Lipinski definition) is 6. The summed E-state index contributed by atoms with van der Waals surface area (Å²) < 4.78 is 0. The third-order valence-corrected chi connectivity index (χ3v) is 4.01. The molecule has 1 atom stereocenters. The van der Waals surface area contributed by atoms with Gasteiger partial charge in [-0.2, -0.15) is 11.8 Å². The Morgan fingerprint density at radius 3 is 2.70 bits per heavy atom. The summed E-state index contributed by atoms with van der Waals surface area (Å²) in [4.78, 5) is 26.1. The molecule has 0 bridgehead atoms. The molecule has 8 heteroatoms. The molecule has 1 aliphatic rings. The first-order valence-corrected chi connectivity index (χ1v) is 7.28. The number of carbonyl (C=O) groups is 2. The van der Waals surface area contributed by atoms with Crippen LogP contribution in [0.5, 0.6) is 0 Å². The van der Waals surface area contributed by atoms with Crippen molar-refractivity contribution in [2.45, 2.75) is 6.04 Å². The van der Waals surface area contributed by atoms with Gasteiger partial charge in [-0.25, -0.2) is 4.79 Å². The van der Waals surface area contributed by atoms with Crippen LogP contribution in [-0.2, 0) is 4.79 Å². The Hall–Kier alpha value is -1.83. The third kappa shape index (κ3) is 3.01. The van der Waals surface area contributed by atoms with Crippen molar-refractivity contribution in [3.8, 4) is 0 Å². The van der Waals surface area contributed by atoms with Crippen LogP contribution in [0.1, 0.15) is 10.5 Å². The summed E-state index contributed by atoms with van der Waals surface area (Å²) in [6.07, 6.45) is 0. The smallest absolute Gasteiger partial charge is 0.327 e. The molecule has 1 aromatic rings. The molecule has 1 aromatic heterocycles. The molecular weight excluding hydrogens is 280 g/mol. The van der Waals surface area contributed by atoms with E-state index in [-0.39, 0.29) is 11.6 Å². The molecule has 1 saturated heterocycles. The number of anilines is 1. The van der Waals surface area contributed by atoms with Gasteiger partial charge in [0.25, 0.3) is 5.91 Å². The van der Waals surface area contributed by atoms with Crippen molar-refractivity contribution in [1.29, 1.82) is 0 Å². The first-order chi connectivity index (χ1) is 9.50. The van der Waals surface area contributed by atoms with Crippen molar-refractivity contribution < 1.29 is 14.7 Å². The van der Waals surface area contributed by atoms with Gasteiger partial charge in [0.1, 0.15) is 6.04 Å². The molecule has 0 radical (unpaired) electrons. The van der Waals surface area contributed by atoms with E-state index in [1.165, 1.54) is 4.90 Å². The molecule has 1 aliphatic heterocycles. The summed E-state index contributed by atoms with van der Waals surface area (Å²) in [5.41, 5.74) is 0.247. The Labute approximate surface area is 121 Å². The molecule has 2 rings (SSSR count). The topological polar surface area (TPSA) is 86.6 Å². The molecule has 2 heterocycles. The molecule has 0 spiro atoms. The lowest BCUT2D eigenvalue weighted by Gasteiger charge is -2.33. The van der Waals surface area contributed by atoms with Gasteiger partial charge in [0, 0.05) is 32.1 Å². The van der Waals surface area contributed by atoms with Gasteiger partial charge in [-0.3, -0.25) is 4.79 Å². The van der Waals surface area contributed by atoms with Crippen LogP contribution in [0.2, 0.25) is 0 Å². The number of nitrogens with zero attached hydrogens (tertiary/aromatic N) is 4. The Morgan fingerprint density at radius 1 is 1.40 bits per heavy atom. The minimum Gasteiger partial charge on any atom is -0.480 e. The molecule has 0 aromatic carbocycles. The van der Waals surface area contributed by atoms with Crippen molar-refractivity contribution in [3.05, 3.63) is 17.8 Å². The van der Waals surface area contributed by atoms with Crippen molar-refractivity contribution >= 4 is 29.5 Å². The van der Waals surface area contributed by atoms with E-state index in [9.17, 15) is 14.7 Å². The van der Waals surface area contributed by atoms with Crippen LogP contribution < -0.4 is 4.90 Å². The quantitative estimate of drug-likeness (QED) is 0.851. The zero-order valence-corrected chi connectivity index (χ0v) is 12.1. The van der Waals surface area contributed by atoms with E-state index in [1.54, 1.807) is 42.9 Å². The second-order valence-electron chi connectivity index (χ2n) is 4.60. The Bertz CT molecular complexity index is 506. The predicted octanol–water partition coefficient (Wildman–Crippen LogP) is 0.185. The van der Waals surface area contributed by atoms with Crippen LogP contribution >= 0.6 is 11.8 Å². The van der Waals surface area contributed by atoms with Crippen LogP contribution in [0.15, 0.2) is 12.1 Å². The van der Waals surface area contributed by atoms with Crippen molar-refractivity contribution in [1.82, 2.24) is 15.1 Å². The van der Waals surface area contributed by atoms with Crippen LogP contribution in [0.25, 0.3) is 0 Å². The molecule has 1 unspecified atom stereocenters. The summed E-state index contributed by atoms with van der Waals surface area (Å²) in [7, 11) is 3.28. The number of carboxylic acid groups (broad SMARTS) is 1. The Balaban J connectivity index is 2.20. The number of thioether (sulfide) groups is 1. The predicted molar refractivity (Wildman–Crippen MR) is 76.1 cm³/mol. The number of hydrogen-bond donors (Lipinski definition) is 1. The van der Waals surface area contributed by atoms with E-state index in [4.69, 9.17) is 0 Å². The minimum absolute atomic E-state index is 0.229. The van der Waals surface area contributed by atoms with Crippen LogP contribution in [0, 0.1) is 0 Å². The fourth-order valence-corrected chi connectivity index (χ4v) is 2.94. The molecular formula is C12H16N4O3S. The minimum atomic E-state index is -0.868. The highest BCUT2D eigenvalue weighted by Gasteiger charge is 2.30. The number of aliphatic carboxylic acids is 1. The fourth-order valence-electron chi connectivity index (χ4n) is 1.90. The first-order valence-electron chi connectivity index (χ1n) is 6.13. The van der Waals surface area contributed by atoms with E-state index in [2.05, 4.69) is 10.2 Å². The van der Waals surface area contributed by atoms with Crippen LogP contribution in [-0.4, -0.2) is 70.3 Å². The van der Waals surface area contributed by atoms with Gasteiger partial charge in [-0.05, 0) is 12.1 Å². The molecule has 0 saturated carbocycles. The van der Waals surface area contributed by atoms with E-state index in [0.717, 1.165) is 5.75 Å². The lowest BCUT2D eigenvalue weighted by atomic mass is 10.2. The normalized spacial score (nSPS) is 18.7. The molecule has 108 valence electrons. The van der Waals surface area contributed by atoms with Crippen LogP contribution in [0.3, 0.4) is 0 Å². The standard InChI is InChI=1S/C12H16N4O3S/c1-15(2)11(17)8-3-4-10(14-13-8)16-5-6-20-7-9(16)12(18)19/h3-4,9H,5-7H2,1-2H3,(H,18,19).